The van der Waals surface area contributed by atoms with E-state index in [1.165, 1.54) is 12.1 Å². The number of halogens is 2. The zero-order chi connectivity index (χ0) is 24.5. The summed E-state index contributed by atoms with van der Waals surface area (Å²) in [6.07, 6.45) is 1.75. The smallest absolute Gasteiger partial charge is 0.174 e. The summed E-state index contributed by atoms with van der Waals surface area (Å²) in [6, 6.07) is 18.9. The van der Waals surface area contributed by atoms with E-state index in [2.05, 4.69) is 26.2 Å². The molecule has 1 aliphatic heterocycles. The monoisotopic (exact) mass is 553 g/mol. The molecule has 0 spiro atoms. The van der Waals surface area contributed by atoms with Crippen LogP contribution >= 0.6 is 28.1 Å². The van der Waals surface area contributed by atoms with Crippen LogP contribution < -0.4 is 19.7 Å². The van der Waals surface area contributed by atoms with Crippen LogP contribution in [-0.4, -0.2) is 24.3 Å². The van der Waals surface area contributed by atoms with Crippen LogP contribution in [0.25, 0.3) is 11.3 Å². The van der Waals surface area contributed by atoms with Crippen LogP contribution in [-0.2, 0) is 0 Å². The second-order valence-corrected chi connectivity index (χ2v) is 9.10. The topological polar surface area (TPSA) is 59.8 Å². The lowest BCUT2D eigenvalue weighted by molar-refractivity contribution is 0.392. The minimum absolute atomic E-state index is 0.286. The van der Waals surface area contributed by atoms with Crippen molar-refractivity contribution in [1.29, 1.82) is 0 Å². The van der Waals surface area contributed by atoms with Gasteiger partial charge >= 0.3 is 0 Å². The van der Waals surface area contributed by atoms with Crippen molar-refractivity contribution in [1.82, 2.24) is 10.3 Å². The molecule has 1 N–H and O–H groups in total. The van der Waals surface area contributed by atoms with E-state index < -0.39 is 0 Å². The van der Waals surface area contributed by atoms with Crippen molar-refractivity contribution in [2.24, 2.45) is 0 Å². The molecule has 178 valence electrons. The Bertz CT molecular complexity index is 1380. The molecule has 1 fully saturated rings. The van der Waals surface area contributed by atoms with Crippen molar-refractivity contribution < 1.29 is 18.3 Å². The van der Waals surface area contributed by atoms with E-state index in [4.69, 9.17) is 26.1 Å². The van der Waals surface area contributed by atoms with Crippen LogP contribution in [0.2, 0.25) is 0 Å². The fourth-order valence-electron chi connectivity index (χ4n) is 4.23. The van der Waals surface area contributed by atoms with Gasteiger partial charge in [0.25, 0.3) is 0 Å². The highest BCUT2D eigenvalue weighted by Crippen LogP contribution is 2.46. The second kappa shape index (κ2) is 9.67. The van der Waals surface area contributed by atoms with Crippen molar-refractivity contribution in [3.63, 3.8) is 0 Å². The molecule has 2 aromatic heterocycles. The number of aromatic nitrogens is 1. The first-order chi connectivity index (χ1) is 17.0. The van der Waals surface area contributed by atoms with Crippen molar-refractivity contribution >= 4 is 38.9 Å². The maximum atomic E-state index is 13.6. The minimum atomic E-state index is -0.368. The molecule has 0 unspecified atom stereocenters. The number of benzene rings is 2. The quantitative estimate of drug-likeness (QED) is 0.276. The fourth-order valence-corrected chi connectivity index (χ4v) is 5.12. The number of nitrogens with zero attached hydrogens (tertiary/aromatic N) is 2. The van der Waals surface area contributed by atoms with Gasteiger partial charge in [-0.05, 0) is 82.7 Å². The first-order valence-corrected chi connectivity index (χ1v) is 12.0. The van der Waals surface area contributed by atoms with E-state index in [9.17, 15) is 4.39 Å². The summed E-state index contributed by atoms with van der Waals surface area (Å²) in [5, 5.41) is 3.91. The second-order valence-electron chi connectivity index (χ2n) is 7.86. The van der Waals surface area contributed by atoms with Gasteiger partial charge in [0.05, 0.1) is 31.6 Å². The molecule has 3 heterocycles. The summed E-state index contributed by atoms with van der Waals surface area (Å²) in [5.41, 5.74) is 2.32. The van der Waals surface area contributed by atoms with E-state index >= 15 is 0 Å². The lowest BCUT2D eigenvalue weighted by Crippen LogP contribution is -2.29. The highest BCUT2D eigenvalue weighted by molar-refractivity contribution is 9.10. The van der Waals surface area contributed by atoms with Gasteiger partial charge in [-0.3, -0.25) is 4.98 Å². The van der Waals surface area contributed by atoms with Gasteiger partial charge in [-0.1, -0.05) is 6.07 Å². The van der Waals surface area contributed by atoms with Crippen molar-refractivity contribution in [2.75, 3.05) is 19.1 Å². The molecule has 2 atom stereocenters. The predicted octanol–water partition coefficient (Wildman–Crippen LogP) is 6.44. The van der Waals surface area contributed by atoms with Crippen molar-refractivity contribution in [2.45, 2.75) is 12.1 Å². The minimum Gasteiger partial charge on any atom is -0.497 e. The van der Waals surface area contributed by atoms with E-state index in [0.29, 0.717) is 32.6 Å². The summed E-state index contributed by atoms with van der Waals surface area (Å²) < 4.78 is 31.7. The van der Waals surface area contributed by atoms with E-state index in [1.54, 1.807) is 26.5 Å². The summed E-state index contributed by atoms with van der Waals surface area (Å²) in [6.45, 7) is 0. The number of nitrogens with one attached hydrogen (secondary N) is 1. The van der Waals surface area contributed by atoms with Crippen molar-refractivity contribution in [3.05, 3.63) is 94.7 Å². The maximum Gasteiger partial charge on any atom is 0.174 e. The Labute approximate surface area is 215 Å². The molecule has 0 amide bonds. The normalized spacial score (nSPS) is 17.4. The lowest BCUT2D eigenvalue weighted by atomic mass is 10.0. The molecule has 1 saturated heterocycles. The zero-order valence-electron chi connectivity index (χ0n) is 18.9. The number of hydrogen-bond donors (Lipinski definition) is 1. The molecule has 4 aromatic rings. The number of ether oxygens (including phenoxy) is 2. The van der Waals surface area contributed by atoms with Crippen LogP contribution in [0.3, 0.4) is 0 Å². The Hall–Kier alpha value is -3.43. The number of thiocarbonyl (C=S) groups is 1. The van der Waals surface area contributed by atoms with Gasteiger partial charge in [-0.15, -0.1) is 0 Å². The van der Waals surface area contributed by atoms with Crippen LogP contribution in [0.15, 0.2) is 81.8 Å². The van der Waals surface area contributed by atoms with E-state index in [0.717, 1.165) is 16.9 Å². The number of rotatable bonds is 6. The third-order valence-electron chi connectivity index (χ3n) is 5.86. The SMILES string of the molecule is COc1ccc(N2C(=S)N[C@H](c3ccccn3)[C@@H]2c2ccc(-c3ccc(F)cc3Br)o2)c(OC)c1. The molecule has 0 bridgehead atoms. The molecule has 1 aliphatic rings. The van der Waals surface area contributed by atoms with Gasteiger partial charge in [0.1, 0.15) is 34.9 Å². The standard InChI is InChI=1S/C26H21BrFN3O3S/c1-32-16-7-9-20(23(14-16)33-2)31-25(24(30-26(31)35)19-5-3-4-12-29-19)22-11-10-21(34-22)17-8-6-15(28)13-18(17)27/h3-14,24-25H,1-2H3,(H,30,35)/t24-,25+/m1/s1. The van der Waals surface area contributed by atoms with E-state index in [1.807, 2.05) is 53.4 Å². The molecule has 0 radical (unpaired) electrons. The Morgan fingerprint density at radius 1 is 1.06 bits per heavy atom. The summed E-state index contributed by atoms with van der Waals surface area (Å²) >= 11 is 9.22. The molecule has 0 aliphatic carbocycles. The molecule has 5 rings (SSSR count). The van der Waals surface area contributed by atoms with Gasteiger partial charge in [0, 0.05) is 22.3 Å². The van der Waals surface area contributed by atoms with Gasteiger partial charge < -0.3 is 24.1 Å². The highest BCUT2D eigenvalue weighted by atomic mass is 79.9. The third-order valence-corrected chi connectivity index (χ3v) is 6.83. The number of anilines is 1. The number of furan rings is 1. The summed E-state index contributed by atoms with van der Waals surface area (Å²) in [4.78, 5) is 6.53. The van der Waals surface area contributed by atoms with Crippen LogP contribution in [0.5, 0.6) is 11.5 Å². The fraction of sp³-hybridized carbons (Fsp3) is 0.154. The Morgan fingerprint density at radius 2 is 1.91 bits per heavy atom. The predicted molar refractivity (Wildman–Crippen MR) is 139 cm³/mol. The van der Waals surface area contributed by atoms with Gasteiger partial charge in [-0.25, -0.2) is 4.39 Å². The first kappa shape index (κ1) is 23.3. The summed E-state index contributed by atoms with van der Waals surface area (Å²) in [5.74, 6) is 2.21. The van der Waals surface area contributed by atoms with Gasteiger partial charge in [-0.2, -0.15) is 0 Å². The third kappa shape index (κ3) is 4.37. The first-order valence-electron chi connectivity index (χ1n) is 10.8. The van der Waals surface area contributed by atoms with E-state index in [-0.39, 0.29) is 17.9 Å². The molecule has 35 heavy (non-hydrogen) atoms. The van der Waals surface area contributed by atoms with Crippen LogP contribution in [0.4, 0.5) is 10.1 Å². The Kier molecular flexibility index (Phi) is 6.44. The van der Waals surface area contributed by atoms with Gasteiger partial charge in [0.15, 0.2) is 5.11 Å². The molecule has 0 saturated carbocycles. The molecule has 6 nitrogen and oxygen atoms in total. The molecule has 9 heteroatoms. The highest BCUT2D eigenvalue weighted by Gasteiger charge is 2.43. The van der Waals surface area contributed by atoms with Gasteiger partial charge in [0.2, 0.25) is 0 Å². The largest absolute Gasteiger partial charge is 0.497 e. The van der Waals surface area contributed by atoms with Crippen LogP contribution in [0, 0.1) is 5.82 Å². The van der Waals surface area contributed by atoms with Crippen LogP contribution in [0.1, 0.15) is 23.5 Å². The van der Waals surface area contributed by atoms with Crippen molar-refractivity contribution in [3.8, 4) is 22.8 Å². The molecule has 2 aromatic carbocycles. The average Bonchev–Trinajstić information content (AvgIpc) is 3.48. The Balaban J connectivity index is 1.63. The Morgan fingerprint density at radius 3 is 2.63 bits per heavy atom. The number of pyridine rings is 1. The summed E-state index contributed by atoms with van der Waals surface area (Å²) in [7, 11) is 3.21. The molecular formula is C26H21BrFN3O3S. The zero-order valence-corrected chi connectivity index (χ0v) is 21.3. The lowest BCUT2D eigenvalue weighted by Gasteiger charge is -2.27. The number of hydrogen-bond acceptors (Lipinski definition) is 5. The number of methoxy groups -OCH3 is 2. The average molecular weight is 554 g/mol. The maximum absolute atomic E-state index is 13.6. The molecular weight excluding hydrogens is 533 g/mol.